The van der Waals surface area contributed by atoms with Crippen LogP contribution in [0.2, 0.25) is 0 Å². The van der Waals surface area contributed by atoms with Gasteiger partial charge < -0.3 is 39.6 Å². The van der Waals surface area contributed by atoms with Crippen molar-refractivity contribution >= 4 is 17.0 Å². The van der Waals surface area contributed by atoms with Gasteiger partial charge in [0.05, 0.1) is 34.3 Å². The normalized spacial score (nSPS) is 22.8. The summed E-state index contributed by atoms with van der Waals surface area (Å²) in [6.45, 7) is -0.0767. The topological polar surface area (TPSA) is 153 Å². The Bertz CT molecular complexity index is 1090. The number of methoxy groups -OCH3 is 3. The number of nitrogens with zero attached hydrogens (tertiary/aromatic N) is 4. The number of nitrogens with one attached hydrogen (secondary N) is 1. The molecule has 1 saturated heterocycles. The SMILES string of the molecule is COc1ccc(CNc2ncnc3c2ncn3[C@@H]2O[C@H](CO)[C@@H](O)[C@H]2O)c(OC)c1OC. The van der Waals surface area contributed by atoms with Crippen LogP contribution < -0.4 is 19.5 Å². The van der Waals surface area contributed by atoms with E-state index < -0.39 is 31.1 Å². The van der Waals surface area contributed by atoms with E-state index in [-0.39, 0.29) is 0 Å². The lowest BCUT2D eigenvalue weighted by Gasteiger charge is -2.17. The number of ether oxygens (including phenoxy) is 4. The van der Waals surface area contributed by atoms with E-state index in [0.29, 0.717) is 40.8 Å². The van der Waals surface area contributed by atoms with Gasteiger partial charge in [0, 0.05) is 12.1 Å². The zero-order valence-electron chi connectivity index (χ0n) is 17.8. The average Bonchev–Trinajstić information content (AvgIpc) is 3.37. The van der Waals surface area contributed by atoms with Crippen LogP contribution in [0.4, 0.5) is 5.82 Å². The molecule has 1 fully saturated rings. The maximum absolute atomic E-state index is 10.3. The van der Waals surface area contributed by atoms with Crippen LogP contribution in [0, 0.1) is 0 Å². The second kappa shape index (κ2) is 9.12. The summed E-state index contributed by atoms with van der Waals surface area (Å²) in [5, 5.41) is 32.9. The molecule has 0 bridgehead atoms. The number of benzene rings is 1. The van der Waals surface area contributed by atoms with E-state index in [1.54, 1.807) is 20.3 Å². The van der Waals surface area contributed by atoms with Crippen LogP contribution in [0.15, 0.2) is 24.8 Å². The first-order valence-electron chi connectivity index (χ1n) is 9.85. The minimum atomic E-state index is -1.24. The zero-order valence-corrected chi connectivity index (χ0v) is 17.8. The highest BCUT2D eigenvalue weighted by Gasteiger charge is 2.44. The van der Waals surface area contributed by atoms with Crippen molar-refractivity contribution in [2.24, 2.45) is 0 Å². The molecule has 0 aliphatic carbocycles. The molecular formula is C20H25N5O7. The monoisotopic (exact) mass is 447 g/mol. The molecule has 0 radical (unpaired) electrons. The number of aliphatic hydroxyl groups excluding tert-OH is 3. The number of imidazole rings is 1. The van der Waals surface area contributed by atoms with E-state index in [9.17, 15) is 15.3 Å². The predicted molar refractivity (Wildman–Crippen MR) is 112 cm³/mol. The van der Waals surface area contributed by atoms with E-state index >= 15 is 0 Å². The first kappa shape index (κ1) is 22.0. The summed E-state index contributed by atoms with van der Waals surface area (Å²) < 4.78 is 23.3. The highest BCUT2D eigenvalue weighted by atomic mass is 16.6. The lowest BCUT2D eigenvalue weighted by molar-refractivity contribution is -0.0511. The largest absolute Gasteiger partial charge is 0.493 e. The minimum Gasteiger partial charge on any atom is -0.493 e. The summed E-state index contributed by atoms with van der Waals surface area (Å²) in [5.41, 5.74) is 1.65. The molecule has 0 saturated carbocycles. The highest BCUT2D eigenvalue weighted by molar-refractivity contribution is 5.82. The van der Waals surface area contributed by atoms with Crippen molar-refractivity contribution in [3.05, 3.63) is 30.4 Å². The Labute approximate surface area is 183 Å². The van der Waals surface area contributed by atoms with Crippen molar-refractivity contribution in [2.75, 3.05) is 33.3 Å². The smallest absolute Gasteiger partial charge is 0.203 e. The second-order valence-electron chi connectivity index (χ2n) is 7.12. The van der Waals surface area contributed by atoms with Gasteiger partial charge in [0.1, 0.15) is 24.6 Å². The molecule has 0 amide bonds. The molecule has 4 atom stereocenters. The number of anilines is 1. The standard InChI is InChI=1S/C20H25N5O7/c1-29-11-5-4-10(16(30-2)17(11)31-3)6-21-18-13-19(23-8-22-18)25(9-24-13)20-15(28)14(27)12(7-26)32-20/h4-5,8-9,12,14-15,20,26-28H,6-7H2,1-3H3,(H,21,22,23)/t12-,14-,15-,20-/m1/s1. The zero-order chi connectivity index (χ0) is 22.8. The van der Waals surface area contributed by atoms with E-state index in [4.69, 9.17) is 18.9 Å². The maximum atomic E-state index is 10.3. The highest BCUT2D eigenvalue weighted by Crippen LogP contribution is 2.40. The van der Waals surface area contributed by atoms with Crippen molar-refractivity contribution in [3.8, 4) is 17.2 Å². The second-order valence-corrected chi connectivity index (χ2v) is 7.12. The molecule has 0 unspecified atom stereocenters. The third-order valence-corrected chi connectivity index (χ3v) is 5.38. The Morgan fingerprint density at radius 2 is 1.81 bits per heavy atom. The van der Waals surface area contributed by atoms with Crippen molar-refractivity contribution in [1.82, 2.24) is 19.5 Å². The Balaban J connectivity index is 1.61. The molecule has 12 heteroatoms. The number of aromatic nitrogens is 4. The van der Waals surface area contributed by atoms with Crippen LogP contribution >= 0.6 is 0 Å². The Morgan fingerprint density at radius 1 is 1.03 bits per heavy atom. The fourth-order valence-corrected chi connectivity index (χ4v) is 3.76. The third kappa shape index (κ3) is 3.66. The summed E-state index contributed by atoms with van der Waals surface area (Å²) in [6, 6.07) is 3.63. The summed E-state index contributed by atoms with van der Waals surface area (Å²) in [5.74, 6) is 2.02. The maximum Gasteiger partial charge on any atom is 0.203 e. The molecule has 1 aliphatic heterocycles. The van der Waals surface area contributed by atoms with E-state index in [1.807, 2.05) is 6.07 Å². The van der Waals surface area contributed by atoms with Gasteiger partial charge in [0.25, 0.3) is 0 Å². The van der Waals surface area contributed by atoms with Gasteiger partial charge in [0.15, 0.2) is 34.7 Å². The molecule has 0 spiro atoms. The summed E-state index contributed by atoms with van der Waals surface area (Å²) in [7, 11) is 4.64. The van der Waals surface area contributed by atoms with Gasteiger partial charge in [-0.15, -0.1) is 0 Å². The van der Waals surface area contributed by atoms with Gasteiger partial charge >= 0.3 is 0 Å². The molecule has 2 aromatic heterocycles. The van der Waals surface area contributed by atoms with E-state index in [1.165, 1.54) is 24.3 Å². The summed E-state index contributed by atoms with van der Waals surface area (Å²) in [4.78, 5) is 12.9. The number of rotatable bonds is 8. The van der Waals surface area contributed by atoms with Crippen molar-refractivity contribution in [1.29, 1.82) is 0 Å². The van der Waals surface area contributed by atoms with E-state index in [2.05, 4.69) is 20.3 Å². The Morgan fingerprint density at radius 3 is 2.47 bits per heavy atom. The van der Waals surface area contributed by atoms with Crippen LogP contribution in [0.3, 0.4) is 0 Å². The fourth-order valence-electron chi connectivity index (χ4n) is 3.76. The van der Waals surface area contributed by atoms with Gasteiger partial charge in [-0.2, -0.15) is 0 Å². The van der Waals surface area contributed by atoms with Crippen molar-refractivity contribution in [3.63, 3.8) is 0 Å². The van der Waals surface area contributed by atoms with Gasteiger partial charge in [-0.1, -0.05) is 0 Å². The Hall–Kier alpha value is -3.19. The lowest BCUT2D eigenvalue weighted by Crippen LogP contribution is -2.33. The van der Waals surface area contributed by atoms with Gasteiger partial charge in [-0.3, -0.25) is 4.57 Å². The molecule has 4 N–H and O–H groups in total. The molecule has 3 aromatic rings. The van der Waals surface area contributed by atoms with Crippen LogP contribution in [-0.2, 0) is 11.3 Å². The van der Waals surface area contributed by atoms with Crippen LogP contribution in [0.1, 0.15) is 11.8 Å². The van der Waals surface area contributed by atoms with Crippen LogP contribution in [-0.4, -0.2) is 81.1 Å². The summed E-state index contributed by atoms with van der Waals surface area (Å²) >= 11 is 0. The molecule has 1 aromatic carbocycles. The van der Waals surface area contributed by atoms with Gasteiger partial charge in [-0.05, 0) is 12.1 Å². The fraction of sp³-hybridized carbons (Fsp3) is 0.450. The quantitative estimate of drug-likeness (QED) is 0.371. The summed E-state index contributed by atoms with van der Waals surface area (Å²) in [6.07, 6.45) is -1.51. The minimum absolute atomic E-state index is 0.344. The number of hydrogen-bond donors (Lipinski definition) is 4. The predicted octanol–water partition coefficient (Wildman–Crippen LogP) is 0.0757. The molecular weight excluding hydrogens is 422 g/mol. The number of fused-ring (bicyclic) bond motifs is 1. The first-order chi connectivity index (χ1) is 15.5. The van der Waals surface area contributed by atoms with Crippen molar-refractivity contribution in [2.45, 2.75) is 31.1 Å². The number of hydrogen-bond acceptors (Lipinski definition) is 11. The van der Waals surface area contributed by atoms with Gasteiger partial charge in [-0.25, -0.2) is 15.0 Å². The first-order valence-corrected chi connectivity index (χ1v) is 9.85. The third-order valence-electron chi connectivity index (χ3n) is 5.38. The van der Waals surface area contributed by atoms with Crippen LogP contribution in [0.25, 0.3) is 11.2 Å². The Kier molecular flexibility index (Phi) is 6.28. The number of aliphatic hydroxyl groups is 3. The van der Waals surface area contributed by atoms with Crippen molar-refractivity contribution < 1.29 is 34.3 Å². The van der Waals surface area contributed by atoms with E-state index in [0.717, 1.165) is 5.56 Å². The molecule has 12 nitrogen and oxygen atoms in total. The molecule has 3 heterocycles. The average molecular weight is 447 g/mol. The van der Waals surface area contributed by atoms with Crippen LogP contribution in [0.5, 0.6) is 17.2 Å². The lowest BCUT2D eigenvalue weighted by atomic mass is 10.1. The molecule has 32 heavy (non-hydrogen) atoms. The molecule has 172 valence electrons. The molecule has 4 rings (SSSR count). The molecule has 1 aliphatic rings. The van der Waals surface area contributed by atoms with Gasteiger partial charge in [0.2, 0.25) is 5.75 Å².